The van der Waals surface area contributed by atoms with Crippen LogP contribution in [0.15, 0.2) is 18.2 Å². The topological polar surface area (TPSA) is 9.23 Å². The second-order valence-corrected chi connectivity index (χ2v) is 4.14. The smallest absolute Gasteiger partial charge is 0.119 e. The molecule has 13 heavy (non-hydrogen) atoms. The third-order valence-electron chi connectivity index (χ3n) is 2.42. The van der Waals surface area contributed by atoms with Gasteiger partial charge in [0.25, 0.3) is 0 Å². The highest BCUT2D eigenvalue weighted by atomic mass is 16.5. The van der Waals surface area contributed by atoms with Crippen molar-refractivity contribution in [2.24, 2.45) is 5.92 Å². The van der Waals surface area contributed by atoms with E-state index in [9.17, 15) is 0 Å². The molecule has 1 aromatic carbocycles. The first-order valence-electron chi connectivity index (χ1n) is 5.00. The van der Waals surface area contributed by atoms with Crippen molar-refractivity contribution in [2.75, 3.05) is 6.61 Å². The fraction of sp³-hybridized carbons (Fsp3) is 0.500. The monoisotopic (exact) mass is 176 g/mol. The molecule has 0 N–H and O–H groups in total. The van der Waals surface area contributed by atoms with Crippen molar-refractivity contribution < 1.29 is 4.74 Å². The van der Waals surface area contributed by atoms with Gasteiger partial charge in [0.15, 0.2) is 0 Å². The Kier molecular flexibility index (Phi) is 2.26. The lowest BCUT2D eigenvalue weighted by molar-refractivity contribution is 0.270. The highest BCUT2D eigenvalue weighted by Gasteiger charge is 2.12. The maximum Gasteiger partial charge on any atom is 0.119 e. The number of benzene rings is 1. The van der Waals surface area contributed by atoms with Gasteiger partial charge in [-0.05, 0) is 42.0 Å². The zero-order valence-electron chi connectivity index (χ0n) is 8.34. The van der Waals surface area contributed by atoms with Crippen LogP contribution in [0.2, 0.25) is 0 Å². The fourth-order valence-corrected chi connectivity index (χ4v) is 1.52. The standard InChI is InChI=1S/C12H16O/c1-9(2)8-13-12-6-5-10-3-4-11(10)7-12/h5-7,9H,3-4,8H2,1-2H3. The number of hydrogen-bond acceptors (Lipinski definition) is 1. The Morgan fingerprint density at radius 3 is 2.54 bits per heavy atom. The Labute approximate surface area is 79.7 Å². The fourth-order valence-electron chi connectivity index (χ4n) is 1.52. The van der Waals surface area contributed by atoms with Gasteiger partial charge in [-0.1, -0.05) is 19.9 Å². The summed E-state index contributed by atoms with van der Waals surface area (Å²) in [7, 11) is 0. The molecular formula is C12H16O. The molecule has 0 spiro atoms. The van der Waals surface area contributed by atoms with E-state index < -0.39 is 0 Å². The van der Waals surface area contributed by atoms with Crippen LogP contribution in [0.25, 0.3) is 0 Å². The van der Waals surface area contributed by atoms with Gasteiger partial charge in [-0.15, -0.1) is 0 Å². The minimum absolute atomic E-state index is 0.603. The van der Waals surface area contributed by atoms with Crippen molar-refractivity contribution in [3.05, 3.63) is 29.3 Å². The molecule has 0 aromatic heterocycles. The second-order valence-electron chi connectivity index (χ2n) is 4.14. The predicted molar refractivity (Wildman–Crippen MR) is 54.2 cm³/mol. The predicted octanol–water partition coefficient (Wildman–Crippen LogP) is 2.82. The van der Waals surface area contributed by atoms with Crippen LogP contribution >= 0.6 is 0 Å². The summed E-state index contributed by atoms with van der Waals surface area (Å²) in [4.78, 5) is 0. The Balaban J connectivity index is 2.01. The summed E-state index contributed by atoms with van der Waals surface area (Å²) in [5, 5.41) is 0. The van der Waals surface area contributed by atoms with Crippen LogP contribution in [0.1, 0.15) is 25.0 Å². The van der Waals surface area contributed by atoms with Crippen LogP contribution in [0.4, 0.5) is 0 Å². The van der Waals surface area contributed by atoms with Crippen LogP contribution < -0.4 is 4.74 Å². The van der Waals surface area contributed by atoms with Crippen LogP contribution in [-0.4, -0.2) is 6.61 Å². The van der Waals surface area contributed by atoms with Crippen molar-refractivity contribution in [3.63, 3.8) is 0 Å². The SMILES string of the molecule is CC(C)COc1ccc2c(c1)CC2. The van der Waals surface area contributed by atoms with E-state index in [2.05, 4.69) is 32.0 Å². The normalized spacial score (nSPS) is 13.8. The van der Waals surface area contributed by atoms with E-state index >= 15 is 0 Å². The zero-order valence-corrected chi connectivity index (χ0v) is 8.34. The molecule has 1 aliphatic rings. The van der Waals surface area contributed by atoms with E-state index in [0.29, 0.717) is 5.92 Å². The summed E-state index contributed by atoms with van der Waals surface area (Å²) in [6.45, 7) is 5.15. The molecule has 0 aliphatic heterocycles. The largest absolute Gasteiger partial charge is 0.493 e. The van der Waals surface area contributed by atoms with Crippen LogP contribution in [0.5, 0.6) is 5.75 Å². The quantitative estimate of drug-likeness (QED) is 0.688. The summed E-state index contributed by atoms with van der Waals surface area (Å²) in [5.41, 5.74) is 2.97. The van der Waals surface area contributed by atoms with Gasteiger partial charge in [-0.3, -0.25) is 0 Å². The van der Waals surface area contributed by atoms with E-state index in [0.717, 1.165) is 12.4 Å². The van der Waals surface area contributed by atoms with Gasteiger partial charge in [0.1, 0.15) is 5.75 Å². The van der Waals surface area contributed by atoms with Gasteiger partial charge in [0, 0.05) is 0 Å². The number of rotatable bonds is 3. The molecule has 0 bridgehead atoms. The molecule has 1 heteroatoms. The maximum atomic E-state index is 5.64. The molecule has 1 aromatic rings. The molecule has 0 atom stereocenters. The van der Waals surface area contributed by atoms with E-state index in [1.165, 1.54) is 24.0 Å². The van der Waals surface area contributed by atoms with Gasteiger partial charge in [0.2, 0.25) is 0 Å². The van der Waals surface area contributed by atoms with Crippen molar-refractivity contribution in [3.8, 4) is 5.75 Å². The van der Waals surface area contributed by atoms with E-state index in [-0.39, 0.29) is 0 Å². The third-order valence-corrected chi connectivity index (χ3v) is 2.42. The summed E-state index contributed by atoms with van der Waals surface area (Å²) in [6, 6.07) is 6.45. The molecule has 0 amide bonds. The number of fused-ring (bicyclic) bond motifs is 1. The lowest BCUT2D eigenvalue weighted by atomic mass is 9.89. The first-order chi connectivity index (χ1) is 6.25. The summed E-state index contributed by atoms with van der Waals surface area (Å²) >= 11 is 0. The molecule has 0 saturated carbocycles. The van der Waals surface area contributed by atoms with Crippen LogP contribution in [-0.2, 0) is 12.8 Å². The lowest BCUT2D eigenvalue weighted by Crippen LogP contribution is -2.09. The van der Waals surface area contributed by atoms with Gasteiger partial charge in [-0.2, -0.15) is 0 Å². The highest BCUT2D eigenvalue weighted by molar-refractivity contribution is 5.41. The molecule has 0 unspecified atom stereocenters. The minimum Gasteiger partial charge on any atom is -0.493 e. The Morgan fingerprint density at radius 2 is 2.00 bits per heavy atom. The van der Waals surface area contributed by atoms with Gasteiger partial charge >= 0.3 is 0 Å². The summed E-state index contributed by atoms with van der Waals surface area (Å²) < 4.78 is 5.64. The summed E-state index contributed by atoms with van der Waals surface area (Å²) in [6.07, 6.45) is 2.48. The van der Waals surface area contributed by atoms with Gasteiger partial charge in [-0.25, -0.2) is 0 Å². The molecule has 1 aliphatic carbocycles. The number of aryl methyl sites for hydroxylation is 2. The Morgan fingerprint density at radius 1 is 1.23 bits per heavy atom. The van der Waals surface area contributed by atoms with E-state index in [1.807, 2.05) is 0 Å². The summed E-state index contributed by atoms with van der Waals surface area (Å²) in [5.74, 6) is 1.64. The van der Waals surface area contributed by atoms with Crippen LogP contribution in [0, 0.1) is 5.92 Å². The zero-order chi connectivity index (χ0) is 9.26. The molecule has 0 saturated heterocycles. The molecule has 0 radical (unpaired) electrons. The average Bonchev–Trinajstić information content (AvgIpc) is 2.05. The first kappa shape index (κ1) is 8.61. The van der Waals surface area contributed by atoms with E-state index in [1.54, 1.807) is 0 Å². The number of hydrogen-bond donors (Lipinski definition) is 0. The molecule has 70 valence electrons. The average molecular weight is 176 g/mol. The maximum absolute atomic E-state index is 5.64. The highest BCUT2D eigenvalue weighted by Crippen LogP contribution is 2.27. The first-order valence-corrected chi connectivity index (χ1v) is 5.00. The second kappa shape index (κ2) is 3.41. The van der Waals surface area contributed by atoms with Gasteiger partial charge in [0.05, 0.1) is 6.61 Å². The molecule has 0 heterocycles. The van der Waals surface area contributed by atoms with Crippen molar-refractivity contribution in [1.82, 2.24) is 0 Å². The number of ether oxygens (including phenoxy) is 1. The molecular weight excluding hydrogens is 160 g/mol. The lowest BCUT2D eigenvalue weighted by Gasteiger charge is -2.19. The van der Waals surface area contributed by atoms with Crippen molar-refractivity contribution >= 4 is 0 Å². The molecule has 1 nitrogen and oxygen atoms in total. The Hall–Kier alpha value is -0.980. The van der Waals surface area contributed by atoms with Crippen molar-refractivity contribution in [2.45, 2.75) is 26.7 Å². The third kappa shape index (κ3) is 1.85. The van der Waals surface area contributed by atoms with E-state index in [4.69, 9.17) is 4.74 Å². The van der Waals surface area contributed by atoms with Gasteiger partial charge < -0.3 is 4.74 Å². The minimum atomic E-state index is 0.603. The molecule has 2 rings (SSSR count). The van der Waals surface area contributed by atoms with Crippen LogP contribution in [0.3, 0.4) is 0 Å². The Bertz CT molecular complexity index is 302. The van der Waals surface area contributed by atoms with Crippen molar-refractivity contribution in [1.29, 1.82) is 0 Å². The molecule has 0 fully saturated rings.